The molecule has 0 aliphatic heterocycles. The Kier molecular flexibility index (Phi) is 11.8. The van der Waals surface area contributed by atoms with Crippen LogP contribution in [0.1, 0.15) is 17.3 Å². The highest BCUT2D eigenvalue weighted by molar-refractivity contribution is 6.18. The third kappa shape index (κ3) is 9.93. The van der Waals surface area contributed by atoms with Crippen molar-refractivity contribution in [2.75, 3.05) is 19.8 Å². The average molecular weight is 577 g/mol. The van der Waals surface area contributed by atoms with E-state index in [1.807, 2.05) is 0 Å². The van der Waals surface area contributed by atoms with Crippen LogP contribution in [0.4, 0.5) is 0 Å². The minimum absolute atomic E-state index is 0.137. The number of ether oxygens (including phenoxy) is 2. The summed E-state index contributed by atoms with van der Waals surface area (Å²) >= 11 is 0. The van der Waals surface area contributed by atoms with Crippen molar-refractivity contribution in [3.8, 4) is 17.2 Å². The number of carbonyl (C=O) groups is 6. The van der Waals surface area contributed by atoms with E-state index in [1.165, 1.54) is 85.0 Å². The molecule has 2 aromatic carbocycles. The number of ketones is 4. The van der Waals surface area contributed by atoms with Gasteiger partial charge in [-0.05, 0) is 91.9 Å². The van der Waals surface area contributed by atoms with Crippen LogP contribution in [-0.4, -0.2) is 55.4 Å². The summed E-state index contributed by atoms with van der Waals surface area (Å²) in [5.74, 6) is -0.432. The molecule has 12 heteroatoms. The van der Waals surface area contributed by atoms with Crippen molar-refractivity contribution in [2.45, 2.75) is 6.92 Å². The first-order valence-corrected chi connectivity index (χ1v) is 12.3. The van der Waals surface area contributed by atoms with Crippen LogP contribution < -0.4 is 14.5 Å². The van der Waals surface area contributed by atoms with Gasteiger partial charge in [0.15, 0.2) is 34.6 Å². The number of carbonyl (C=O) groups excluding carboxylic acids is 6. The van der Waals surface area contributed by atoms with Crippen molar-refractivity contribution in [3.05, 3.63) is 102 Å². The number of hydrogen-bond donors (Lipinski definition) is 0. The summed E-state index contributed by atoms with van der Waals surface area (Å²) in [4.78, 5) is 86.5. The van der Waals surface area contributed by atoms with Crippen molar-refractivity contribution in [1.29, 1.82) is 0 Å². The standard InChI is InChI=1S/C16H14O6.C14H10O6/c1-2-20-16(19)11-3-6-14(7-4-11)22-21-10-12-9-13(17)5-8-15(12)18;15-9-18-12-2-4-13(5-3-12)20-19-8-10-7-11(16)1-6-14(10)17/h3-9H,2,10H2,1H3;1-7,9H,8H2. The molecule has 0 spiro atoms. The number of allylic oxidation sites excluding steroid dienone is 6. The molecule has 0 saturated heterocycles. The van der Waals surface area contributed by atoms with Crippen LogP contribution in [0.2, 0.25) is 0 Å². The van der Waals surface area contributed by atoms with Crippen molar-refractivity contribution in [2.24, 2.45) is 0 Å². The topological polar surface area (TPSA) is 158 Å². The van der Waals surface area contributed by atoms with E-state index < -0.39 is 5.97 Å². The van der Waals surface area contributed by atoms with Crippen molar-refractivity contribution in [1.82, 2.24) is 0 Å². The first kappa shape index (κ1) is 31.1. The van der Waals surface area contributed by atoms with Gasteiger partial charge in [0, 0.05) is 11.1 Å². The second-order valence-corrected chi connectivity index (χ2v) is 8.16. The van der Waals surface area contributed by atoms with Gasteiger partial charge in [-0.1, -0.05) is 0 Å². The molecule has 0 bridgehead atoms. The Balaban J connectivity index is 0.000000231. The van der Waals surface area contributed by atoms with Crippen LogP contribution in [0.25, 0.3) is 0 Å². The lowest BCUT2D eigenvalue weighted by Crippen LogP contribution is -2.14. The molecule has 0 N–H and O–H groups in total. The Bertz CT molecular complexity index is 1440. The quantitative estimate of drug-likeness (QED) is 0.120. The molecular formula is C30H24O12. The SMILES string of the molecule is CCOC(=O)c1ccc(OOCC2=CC(=O)C=CC2=O)cc1.O=COc1ccc(OOCC2=CC(=O)C=CC2=O)cc1. The van der Waals surface area contributed by atoms with Gasteiger partial charge in [-0.3, -0.25) is 24.0 Å². The molecule has 0 radical (unpaired) electrons. The summed E-state index contributed by atoms with van der Waals surface area (Å²) in [5.41, 5.74) is 0.837. The molecule has 0 fully saturated rings. The molecule has 0 unspecified atom stereocenters. The number of rotatable bonds is 12. The molecule has 0 aromatic heterocycles. The molecular weight excluding hydrogens is 552 g/mol. The van der Waals surface area contributed by atoms with E-state index in [-0.39, 0.29) is 47.5 Å². The smallest absolute Gasteiger partial charge is 0.338 e. The van der Waals surface area contributed by atoms with E-state index in [1.54, 1.807) is 6.92 Å². The van der Waals surface area contributed by atoms with Crippen LogP contribution >= 0.6 is 0 Å². The lowest BCUT2D eigenvalue weighted by Gasteiger charge is -2.08. The molecule has 0 atom stereocenters. The van der Waals surface area contributed by atoms with E-state index in [9.17, 15) is 28.8 Å². The number of benzene rings is 2. The van der Waals surface area contributed by atoms with Gasteiger partial charge in [-0.15, -0.1) is 0 Å². The zero-order valence-electron chi connectivity index (χ0n) is 22.2. The molecule has 2 aliphatic carbocycles. The zero-order chi connectivity index (χ0) is 30.3. The summed E-state index contributed by atoms with van der Waals surface area (Å²) in [7, 11) is 0. The second kappa shape index (κ2) is 16.0. The molecule has 2 aromatic rings. The van der Waals surface area contributed by atoms with Gasteiger partial charge >= 0.3 is 5.97 Å². The summed E-state index contributed by atoms with van der Waals surface area (Å²) in [6.07, 6.45) is 7.17. The summed E-state index contributed by atoms with van der Waals surface area (Å²) < 4.78 is 9.47. The maximum absolute atomic E-state index is 11.5. The minimum Gasteiger partial charge on any atom is -0.462 e. The number of hydrogen-bond acceptors (Lipinski definition) is 12. The Labute approximate surface area is 239 Å². The van der Waals surface area contributed by atoms with E-state index in [0.29, 0.717) is 35.9 Å². The highest BCUT2D eigenvalue weighted by atomic mass is 17.2. The maximum Gasteiger partial charge on any atom is 0.338 e. The van der Waals surface area contributed by atoms with Gasteiger partial charge in [0.1, 0.15) is 19.0 Å². The molecule has 12 nitrogen and oxygen atoms in total. The molecule has 4 rings (SSSR count). The van der Waals surface area contributed by atoms with Crippen LogP contribution in [0.15, 0.2) is 96.1 Å². The van der Waals surface area contributed by atoms with Crippen LogP contribution in [0.3, 0.4) is 0 Å². The van der Waals surface area contributed by atoms with Crippen LogP contribution in [-0.2, 0) is 38.5 Å². The predicted molar refractivity (Wildman–Crippen MR) is 143 cm³/mol. The van der Waals surface area contributed by atoms with E-state index in [4.69, 9.17) is 24.3 Å². The number of esters is 1. The highest BCUT2D eigenvalue weighted by Crippen LogP contribution is 2.18. The van der Waals surface area contributed by atoms with Crippen molar-refractivity contribution >= 4 is 35.6 Å². The van der Waals surface area contributed by atoms with Crippen molar-refractivity contribution in [3.63, 3.8) is 0 Å². The van der Waals surface area contributed by atoms with Gasteiger partial charge in [0.2, 0.25) is 0 Å². The van der Waals surface area contributed by atoms with Gasteiger partial charge < -0.3 is 19.2 Å². The first-order chi connectivity index (χ1) is 20.3. The molecule has 0 saturated carbocycles. The summed E-state index contributed by atoms with van der Waals surface area (Å²) in [6, 6.07) is 12.2. The molecule has 42 heavy (non-hydrogen) atoms. The molecule has 216 valence electrons. The Morgan fingerprint density at radius 1 is 0.667 bits per heavy atom. The Morgan fingerprint density at radius 3 is 1.57 bits per heavy atom. The second-order valence-electron chi connectivity index (χ2n) is 8.16. The fourth-order valence-corrected chi connectivity index (χ4v) is 3.15. The minimum atomic E-state index is -0.418. The van der Waals surface area contributed by atoms with Gasteiger partial charge in [0.25, 0.3) is 6.47 Å². The zero-order valence-corrected chi connectivity index (χ0v) is 22.2. The summed E-state index contributed by atoms with van der Waals surface area (Å²) in [6.45, 7) is 2.06. The van der Waals surface area contributed by atoms with E-state index >= 15 is 0 Å². The predicted octanol–water partition coefficient (Wildman–Crippen LogP) is 2.97. The lowest BCUT2D eigenvalue weighted by molar-refractivity contribution is -0.198. The molecule has 2 aliphatic rings. The average Bonchev–Trinajstić information content (AvgIpc) is 2.98. The van der Waals surface area contributed by atoms with Crippen LogP contribution in [0.5, 0.6) is 17.2 Å². The lowest BCUT2D eigenvalue weighted by atomic mass is 10.1. The monoisotopic (exact) mass is 576 g/mol. The van der Waals surface area contributed by atoms with Gasteiger partial charge in [0.05, 0.1) is 12.2 Å². The van der Waals surface area contributed by atoms with Crippen LogP contribution in [0, 0.1) is 0 Å². The third-order valence-electron chi connectivity index (χ3n) is 5.18. The van der Waals surface area contributed by atoms with E-state index in [0.717, 1.165) is 0 Å². The fraction of sp³-hybridized carbons (Fsp3) is 0.133. The van der Waals surface area contributed by atoms with E-state index in [2.05, 4.69) is 4.74 Å². The normalized spacial score (nSPS) is 13.8. The first-order valence-electron chi connectivity index (χ1n) is 12.3. The van der Waals surface area contributed by atoms with Crippen molar-refractivity contribution < 1.29 is 57.8 Å². The van der Waals surface area contributed by atoms with Gasteiger partial charge in [-0.2, -0.15) is 9.78 Å². The molecule has 0 heterocycles. The third-order valence-corrected chi connectivity index (χ3v) is 5.18. The van der Waals surface area contributed by atoms with Gasteiger partial charge in [-0.25, -0.2) is 4.79 Å². The fourth-order valence-electron chi connectivity index (χ4n) is 3.15. The Morgan fingerprint density at radius 2 is 1.12 bits per heavy atom. The Hall–Kier alpha value is -5.46. The highest BCUT2D eigenvalue weighted by Gasteiger charge is 2.15. The molecule has 0 amide bonds. The maximum atomic E-state index is 11.5. The largest absolute Gasteiger partial charge is 0.462 e. The summed E-state index contributed by atoms with van der Waals surface area (Å²) in [5, 5.41) is 0.